The van der Waals surface area contributed by atoms with Crippen LogP contribution in [0.1, 0.15) is 83.2 Å². The summed E-state index contributed by atoms with van der Waals surface area (Å²) in [7, 11) is 0. The number of unbranched alkanes of at least 4 members (excludes halogenated alkanes) is 6. The van der Waals surface area contributed by atoms with Gasteiger partial charge in [0.2, 0.25) is 0 Å². The number of ether oxygens (including phenoxy) is 6. The van der Waals surface area contributed by atoms with E-state index in [0.29, 0.717) is 37.9 Å². The van der Waals surface area contributed by atoms with Crippen LogP contribution >= 0.6 is 0 Å². The Hall–Kier alpha value is -6.04. The molecule has 0 amide bonds. The highest BCUT2D eigenvalue weighted by Gasteiger charge is 2.18. The Morgan fingerprint density at radius 2 is 0.865 bits per heavy atom. The number of nitrogens with one attached hydrogen (secondary N) is 2. The normalized spacial score (nSPS) is 10.3. The molecule has 0 aliphatic rings. The van der Waals surface area contributed by atoms with E-state index in [9.17, 15) is 19.2 Å². The van der Waals surface area contributed by atoms with Gasteiger partial charge in [-0.05, 0) is 112 Å². The molecule has 3 rings (SSSR count). The predicted octanol–water partition coefficient (Wildman–Crippen LogP) is 7.46. The van der Waals surface area contributed by atoms with Gasteiger partial charge in [0.25, 0.3) is 0 Å². The molecule has 0 heterocycles. The van der Waals surface area contributed by atoms with Gasteiger partial charge < -0.3 is 39.2 Å². The van der Waals surface area contributed by atoms with Gasteiger partial charge in [0.05, 0.1) is 37.6 Å². The summed E-state index contributed by atoms with van der Waals surface area (Å²) in [6.45, 7) is 8.42. The second-order valence-electron chi connectivity index (χ2n) is 11.3. The molecule has 274 valence electrons. The van der Waals surface area contributed by atoms with Crippen LogP contribution < -0.4 is 18.9 Å². The van der Waals surface area contributed by atoms with Crippen molar-refractivity contribution < 1.29 is 47.6 Å². The van der Waals surface area contributed by atoms with E-state index in [1.807, 2.05) is 0 Å². The highest BCUT2D eigenvalue weighted by molar-refractivity contribution is 5.96. The van der Waals surface area contributed by atoms with Gasteiger partial charge in [0, 0.05) is 35.7 Å². The maximum Gasteiger partial charge on any atom is 0.343 e. The van der Waals surface area contributed by atoms with Crippen molar-refractivity contribution in [3.05, 3.63) is 108 Å². The lowest BCUT2D eigenvalue weighted by molar-refractivity contribution is -0.138. The molecule has 0 spiro atoms. The Labute approximate surface area is 303 Å². The van der Waals surface area contributed by atoms with Gasteiger partial charge in [-0.3, -0.25) is 0 Å². The Morgan fingerprint density at radius 1 is 0.519 bits per heavy atom. The molecule has 0 bridgehead atoms. The smallest absolute Gasteiger partial charge is 0.343 e. The van der Waals surface area contributed by atoms with Crippen LogP contribution in [0.15, 0.2) is 86.0 Å². The minimum Gasteiger partial charge on any atom is -0.494 e. The first-order valence-electron chi connectivity index (χ1n) is 17.0. The summed E-state index contributed by atoms with van der Waals surface area (Å²) in [5.74, 6) is -0.982. The van der Waals surface area contributed by atoms with Crippen LogP contribution in [0.5, 0.6) is 23.0 Å². The molecule has 0 saturated carbocycles. The van der Waals surface area contributed by atoms with Crippen molar-refractivity contribution in [2.75, 3.05) is 26.4 Å². The molecule has 0 aromatic heterocycles. The standard InChI is InChI=1S/C40H44N2O10/c1-3-37(43)49-23-11-7-5-9-21-47-33-17-13-29(14-18-33)39(45)51-35-25-32(28-42)36(26-31(35)27-41)52-40(46)30-15-19-34(20-16-30)48-22-10-6-8-12-24-50-38(44)4-2/h3-4,13-20,25-28,41-42H,1-2,5-12,21-24H2. The molecule has 0 unspecified atom stereocenters. The molecule has 12 nitrogen and oxygen atoms in total. The lowest BCUT2D eigenvalue weighted by Gasteiger charge is -2.13. The Morgan fingerprint density at radius 3 is 1.19 bits per heavy atom. The Kier molecular flexibility index (Phi) is 17.6. The van der Waals surface area contributed by atoms with Gasteiger partial charge in [-0.1, -0.05) is 13.2 Å². The van der Waals surface area contributed by atoms with Crippen molar-refractivity contribution in [2.24, 2.45) is 0 Å². The summed E-state index contributed by atoms with van der Waals surface area (Å²) >= 11 is 0. The van der Waals surface area contributed by atoms with E-state index in [-0.39, 0.29) is 33.8 Å². The molecule has 0 aliphatic carbocycles. The fourth-order valence-corrected chi connectivity index (χ4v) is 4.64. The second-order valence-corrected chi connectivity index (χ2v) is 11.3. The summed E-state index contributed by atoms with van der Waals surface area (Å²) in [6.07, 6.45) is 11.0. The zero-order chi connectivity index (χ0) is 37.6. The van der Waals surface area contributed by atoms with Crippen LogP contribution in [0.25, 0.3) is 0 Å². The van der Waals surface area contributed by atoms with Crippen LogP contribution in [0.2, 0.25) is 0 Å². The zero-order valence-corrected chi connectivity index (χ0v) is 29.1. The van der Waals surface area contributed by atoms with Gasteiger partial charge >= 0.3 is 23.9 Å². The van der Waals surface area contributed by atoms with Gasteiger partial charge in [-0.25, -0.2) is 19.2 Å². The average molecular weight is 713 g/mol. The van der Waals surface area contributed by atoms with Gasteiger partial charge in [-0.2, -0.15) is 0 Å². The third kappa shape index (κ3) is 14.1. The highest BCUT2D eigenvalue weighted by Crippen LogP contribution is 2.29. The van der Waals surface area contributed by atoms with E-state index in [1.54, 1.807) is 48.5 Å². The fourth-order valence-electron chi connectivity index (χ4n) is 4.64. The molecule has 3 aromatic carbocycles. The van der Waals surface area contributed by atoms with Gasteiger partial charge in [-0.15, -0.1) is 0 Å². The molecule has 2 N–H and O–H groups in total. The van der Waals surface area contributed by atoms with E-state index in [1.165, 1.54) is 12.1 Å². The van der Waals surface area contributed by atoms with E-state index >= 15 is 0 Å². The number of carbonyl (C=O) groups is 4. The number of hydrogen-bond acceptors (Lipinski definition) is 12. The number of hydrogen-bond donors (Lipinski definition) is 2. The summed E-state index contributed by atoms with van der Waals surface area (Å²) in [5.41, 5.74) is 0.838. The SMILES string of the molecule is C=CC(=O)OCCCCCCOc1ccc(C(=O)Oc2cc(C=N)c(OC(=O)c3ccc(OCCCCCCOC(=O)C=C)cc3)cc2C=N)cc1. The van der Waals surface area contributed by atoms with Crippen LogP contribution in [-0.4, -0.2) is 62.7 Å². The number of esters is 4. The van der Waals surface area contributed by atoms with Crippen LogP contribution in [0.4, 0.5) is 0 Å². The summed E-state index contributed by atoms with van der Waals surface area (Å²) in [4.78, 5) is 47.9. The molecule has 0 fully saturated rings. The molecule has 0 saturated heterocycles. The molecule has 0 aliphatic heterocycles. The lowest BCUT2D eigenvalue weighted by Crippen LogP contribution is -2.13. The second kappa shape index (κ2) is 22.6. The third-order valence-electron chi connectivity index (χ3n) is 7.48. The first-order chi connectivity index (χ1) is 25.3. The fraction of sp³-hybridized carbons (Fsp3) is 0.300. The van der Waals surface area contributed by atoms with Crippen molar-refractivity contribution in [3.63, 3.8) is 0 Å². The van der Waals surface area contributed by atoms with Gasteiger partial charge in [0.15, 0.2) is 0 Å². The van der Waals surface area contributed by atoms with Crippen molar-refractivity contribution in [2.45, 2.75) is 51.4 Å². The monoisotopic (exact) mass is 712 g/mol. The first-order valence-corrected chi connectivity index (χ1v) is 17.0. The zero-order valence-electron chi connectivity index (χ0n) is 29.1. The predicted molar refractivity (Wildman–Crippen MR) is 195 cm³/mol. The summed E-state index contributed by atoms with van der Waals surface area (Å²) < 4.78 is 32.5. The summed E-state index contributed by atoms with van der Waals surface area (Å²) in [5, 5.41) is 15.7. The number of benzene rings is 3. The minimum absolute atomic E-state index is 0.0236. The molecular formula is C40H44N2O10. The highest BCUT2D eigenvalue weighted by atomic mass is 16.5. The van der Waals surface area contributed by atoms with Gasteiger partial charge in [0.1, 0.15) is 23.0 Å². The van der Waals surface area contributed by atoms with Crippen molar-refractivity contribution >= 4 is 36.3 Å². The molecule has 3 aromatic rings. The quantitative estimate of drug-likeness (QED) is 0.0312. The Bertz CT molecular complexity index is 1560. The van der Waals surface area contributed by atoms with Crippen LogP contribution in [0.3, 0.4) is 0 Å². The first kappa shape index (κ1) is 40.4. The molecular weight excluding hydrogens is 668 g/mol. The van der Waals surface area contributed by atoms with Crippen molar-refractivity contribution in [3.8, 4) is 23.0 Å². The van der Waals surface area contributed by atoms with E-state index < -0.39 is 23.9 Å². The molecule has 0 radical (unpaired) electrons. The maximum atomic E-state index is 12.9. The van der Waals surface area contributed by atoms with Crippen LogP contribution in [0, 0.1) is 10.8 Å². The van der Waals surface area contributed by atoms with E-state index in [2.05, 4.69) is 13.2 Å². The third-order valence-corrected chi connectivity index (χ3v) is 7.48. The molecule has 12 heteroatoms. The topological polar surface area (TPSA) is 171 Å². The summed E-state index contributed by atoms with van der Waals surface area (Å²) in [6, 6.07) is 15.6. The number of carbonyl (C=O) groups excluding carboxylic acids is 4. The Balaban J connectivity index is 1.47. The average Bonchev–Trinajstić information content (AvgIpc) is 3.17. The van der Waals surface area contributed by atoms with E-state index in [0.717, 1.165) is 75.9 Å². The van der Waals surface area contributed by atoms with Crippen molar-refractivity contribution in [1.29, 1.82) is 10.8 Å². The minimum atomic E-state index is -0.679. The van der Waals surface area contributed by atoms with E-state index in [4.69, 9.17) is 39.2 Å². The maximum absolute atomic E-state index is 12.9. The largest absolute Gasteiger partial charge is 0.494 e. The van der Waals surface area contributed by atoms with Crippen LogP contribution in [-0.2, 0) is 19.1 Å². The lowest BCUT2D eigenvalue weighted by atomic mass is 10.1. The molecule has 52 heavy (non-hydrogen) atoms. The number of rotatable bonds is 24. The molecule has 0 atom stereocenters. The van der Waals surface area contributed by atoms with Crippen molar-refractivity contribution in [1.82, 2.24) is 0 Å².